The van der Waals surface area contributed by atoms with Crippen molar-refractivity contribution in [3.05, 3.63) is 83.4 Å². The van der Waals surface area contributed by atoms with Gasteiger partial charge in [-0.05, 0) is 37.3 Å². The molecule has 1 heterocycles. The van der Waals surface area contributed by atoms with Crippen molar-refractivity contribution < 1.29 is 17.9 Å². The molecule has 0 unspecified atom stereocenters. The molecule has 8 nitrogen and oxygen atoms in total. The number of rotatable bonds is 8. The lowest BCUT2D eigenvalue weighted by Gasteiger charge is -2.24. The lowest BCUT2D eigenvalue weighted by molar-refractivity contribution is -0.114. The average molecular weight is 529 g/mol. The molecule has 0 spiro atoms. The van der Waals surface area contributed by atoms with Crippen molar-refractivity contribution in [2.75, 3.05) is 23.3 Å². The summed E-state index contributed by atoms with van der Waals surface area (Å²) in [6.45, 7) is 1.49. The Morgan fingerprint density at radius 3 is 2.43 bits per heavy atom. The van der Waals surface area contributed by atoms with E-state index in [0.29, 0.717) is 10.8 Å². The predicted octanol–water partition coefficient (Wildman–Crippen LogP) is 5.01. The van der Waals surface area contributed by atoms with Gasteiger partial charge in [-0.2, -0.15) is 0 Å². The third-order valence-electron chi connectivity index (χ3n) is 5.01. The van der Waals surface area contributed by atoms with Gasteiger partial charge in [0.05, 0.1) is 22.7 Å². The number of nitrogens with zero attached hydrogens (tertiary/aromatic N) is 3. The van der Waals surface area contributed by atoms with Crippen LogP contribution in [0.25, 0.3) is 10.6 Å². The second-order valence-electron chi connectivity index (χ2n) is 7.47. The fourth-order valence-corrected chi connectivity index (χ4v) is 5.67. The molecule has 3 aromatic carbocycles. The van der Waals surface area contributed by atoms with Crippen LogP contribution in [0.15, 0.2) is 77.7 Å². The van der Waals surface area contributed by atoms with Gasteiger partial charge >= 0.3 is 0 Å². The topological polar surface area (TPSA) is 101 Å². The van der Waals surface area contributed by atoms with E-state index in [1.165, 1.54) is 42.7 Å². The number of nitrogens with one attached hydrogen (secondary N) is 1. The van der Waals surface area contributed by atoms with Gasteiger partial charge in [0.15, 0.2) is 0 Å². The summed E-state index contributed by atoms with van der Waals surface area (Å²) in [5.74, 6) is -0.197. The van der Waals surface area contributed by atoms with E-state index in [-0.39, 0.29) is 20.7 Å². The summed E-state index contributed by atoms with van der Waals surface area (Å²) in [5.41, 5.74) is 2.20. The maximum Gasteiger partial charge on any atom is 0.264 e. The highest BCUT2D eigenvalue weighted by Crippen LogP contribution is 2.32. The average Bonchev–Trinajstić information content (AvgIpc) is 3.31. The number of methoxy groups -OCH3 is 1. The Labute approximate surface area is 212 Å². The number of aromatic nitrogens is 2. The van der Waals surface area contributed by atoms with Gasteiger partial charge in [-0.15, -0.1) is 10.2 Å². The van der Waals surface area contributed by atoms with Crippen LogP contribution in [0.4, 0.5) is 10.8 Å². The van der Waals surface area contributed by atoms with Crippen molar-refractivity contribution in [2.24, 2.45) is 0 Å². The van der Waals surface area contributed by atoms with E-state index >= 15 is 0 Å². The molecule has 1 N–H and O–H groups in total. The van der Waals surface area contributed by atoms with Gasteiger partial charge < -0.3 is 4.74 Å². The maximum atomic E-state index is 13.4. The highest BCUT2D eigenvalue weighted by molar-refractivity contribution is 7.92. The molecule has 180 valence electrons. The molecule has 0 aliphatic heterocycles. The Kier molecular flexibility index (Phi) is 7.34. The van der Waals surface area contributed by atoms with Crippen LogP contribution >= 0.6 is 22.9 Å². The minimum absolute atomic E-state index is 0.0392. The van der Waals surface area contributed by atoms with E-state index < -0.39 is 22.5 Å². The van der Waals surface area contributed by atoms with E-state index in [0.717, 1.165) is 15.4 Å². The van der Waals surface area contributed by atoms with Crippen LogP contribution in [0.2, 0.25) is 5.02 Å². The Hall–Kier alpha value is -3.47. The van der Waals surface area contributed by atoms with Crippen LogP contribution in [0.5, 0.6) is 5.75 Å². The summed E-state index contributed by atoms with van der Waals surface area (Å²) in [6, 6.07) is 20.1. The second-order valence-corrected chi connectivity index (χ2v) is 10.7. The molecular formula is C24H21ClN4O4S2. The second kappa shape index (κ2) is 10.4. The summed E-state index contributed by atoms with van der Waals surface area (Å²) >= 11 is 7.44. The minimum atomic E-state index is -4.08. The zero-order chi connectivity index (χ0) is 25.0. The summed E-state index contributed by atoms with van der Waals surface area (Å²) in [6.07, 6.45) is 0. The molecule has 0 bridgehead atoms. The number of aryl methyl sites for hydroxylation is 1. The Morgan fingerprint density at radius 1 is 1.06 bits per heavy atom. The molecule has 0 fully saturated rings. The Morgan fingerprint density at radius 2 is 1.77 bits per heavy atom. The molecular weight excluding hydrogens is 508 g/mol. The standard InChI is InChI=1S/C24H21ClN4O4S2/c1-16-8-10-17(11-9-16)23-27-28-24(34-23)26-22(30)15-29(18-12-13-21(33-2)20(25)14-18)35(31,32)19-6-4-3-5-7-19/h3-14H,15H2,1-2H3,(H,26,28,30). The van der Waals surface area contributed by atoms with E-state index in [1.807, 2.05) is 31.2 Å². The summed E-state index contributed by atoms with van der Waals surface area (Å²) in [7, 11) is -2.62. The molecule has 4 aromatic rings. The van der Waals surface area contributed by atoms with Crippen molar-refractivity contribution in [1.29, 1.82) is 0 Å². The predicted molar refractivity (Wildman–Crippen MR) is 138 cm³/mol. The first-order valence-corrected chi connectivity index (χ1v) is 13.0. The van der Waals surface area contributed by atoms with Gasteiger partial charge in [0, 0.05) is 5.56 Å². The SMILES string of the molecule is COc1ccc(N(CC(=O)Nc2nnc(-c3ccc(C)cc3)s2)S(=O)(=O)c2ccccc2)cc1Cl. The van der Waals surface area contributed by atoms with Crippen molar-refractivity contribution in [1.82, 2.24) is 10.2 Å². The fourth-order valence-electron chi connectivity index (χ4n) is 3.22. The molecule has 4 rings (SSSR count). The first-order valence-electron chi connectivity index (χ1n) is 10.4. The number of ether oxygens (including phenoxy) is 1. The number of amides is 1. The maximum absolute atomic E-state index is 13.4. The lowest BCUT2D eigenvalue weighted by atomic mass is 10.2. The molecule has 1 amide bonds. The third-order valence-corrected chi connectivity index (χ3v) is 7.98. The fraction of sp³-hybridized carbons (Fsp3) is 0.125. The smallest absolute Gasteiger partial charge is 0.264 e. The van der Waals surface area contributed by atoms with Gasteiger partial charge in [0.2, 0.25) is 11.0 Å². The van der Waals surface area contributed by atoms with Crippen molar-refractivity contribution in [2.45, 2.75) is 11.8 Å². The molecule has 0 aliphatic rings. The van der Waals surface area contributed by atoms with Crippen molar-refractivity contribution in [3.63, 3.8) is 0 Å². The van der Waals surface area contributed by atoms with Gasteiger partial charge in [-0.25, -0.2) is 8.42 Å². The van der Waals surface area contributed by atoms with E-state index in [1.54, 1.807) is 24.3 Å². The monoisotopic (exact) mass is 528 g/mol. The number of hydrogen-bond donors (Lipinski definition) is 1. The normalized spacial score (nSPS) is 11.2. The molecule has 0 radical (unpaired) electrons. The molecule has 1 aromatic heterocycles. The van der Waals surface area contributed by atoms with Crippen LogP contribution in [0, 0.1) is 6.92 Å². The number of halogens is 1. The van der Waals surface area contributed by atoms with Crippen LogP contribution < -0.4 is 14.4 Å². The van der Waals surface area contributed by atoms with Gasteiger partial charge in [-0.1, -0.05) is 71.0 Å². The number of sulfonamides is 1. The Balaban J connectivity index is 1.60. The summed E-state index contributed by atoms with van der Waals surface area (Å²) < 4.78 is 33.1. The van der Waals surface area contributed by atoms with Gasteiger partial charge in [0.25, 0.3) is 10.0 Å². The first kappa shape index (κ1) is 24.6. The van der Waals surface area contributed by atoms with Crippen LogP contribution in [-0.2, 0) is 14.8 Å². The summed E-state index contributed by atoms with van der Waals surface area (Å²) in [4.78, 5) is 13.0. The van der Waals surface area contributed by atoms with E-state index in [2.05, 4.69) is 15.5 Å². The van der Waals surface area contributed by atoms with E-state index in [9.17, 15) is 13.2 Å². The Bertz CT molecular complexity index is 1440. The third kappa shape index (κ3) is 5.61. The van der Waals surface area contributed by atoms with Crippen molar-refractivity contribution in [3.8, 4) is 16.3 Å². The number of benzene rings is 3. The van der Waals surface area contributed by atoms with Crippen molar-refractivity contribution >= 4 is 49.7 Å². The summed E-state index contributed by atoms with van der Waals surface area (Å²) in [5, 5.41) is 11.9. The molecule has 11 heteroatoms. The zero-order valence-electron chi connectivity index (χ0n) is 18.8. The van der Waals surface area contributed by atoms with Gasteiger partial charge in [-0.3, -0.25) is 14.4 Å². The number of carbonyl (C=O) groups excluding carboxylic acids is 1. The quantitative estimate of drug-likeness (QED) is 0.345. The highest BCUT2D eigenvalue weighted by Gasteiger charge is 2.28. The molecule has 0 saturated carbocycles. The number of hydrogen-bond acceptors (Lipinski definition) is 7. The van der Waals surface area contributed by atoms with E-state index in [4.69, 9.17) is 16.3 Å². The molecule has 35 heavy (non-hydrogen) atoms. The molecule has 0 aliphatic carbocycles. The van der Waals surface area contributed by atoms with Crippen LogP contribution in [0.1, 0.15) is 5.56 Å². The lowest BCUT2D eigenvalue weighted by Crippen LogP contribution is -2.38. The highest BCUT2D eigenvalue weighted by atomic mass is 35.5. The molecule has 0 atom stereocenters. The number of carbonyl (C=O) groups is 1. The molecule has 0 saturated heterocycles. The minimum Gasteiger partial charge on any atom is -0.495 e. The first-order chi connectivity index (χ1) is 16.8. The van der Waals surface area contributed by atoms with Crippen LogP contribution in [0.3, 0.4) is 0 Å². The van der Waals surface area contributed by atoms with Gasteiger partial charge in [0.1, 0.15) is 17.3 Å². The number of anilines is 2. The zero-order valence-corrected chi connectivity index (χ0v) is 21.2. The van der Waals surface area contributed by atoms with Crippen LogP contribution in [-0.4, -0.2) is 38.2 Å². The largest absolute Gasteiger partial charge is 0.495 e.